The standard InChI is InChI=1S/C35H42N8O5/c1-35(2,3)48-34(46)38-20-23-7-11-26(12-8-23)32(44)43(28-16-13-25(14-17-28)31-39-41-42-40-31)33(45)29(36)19-22-5-9-24(10-6-22)27-15-18-30(47-4)37-21-27/h5-6,9-10,13-18,21,23,26,29H,7-8,11-12,19-20,36H2,1-4H3,(H,38,46)(H,39,40,41,42)/t23-,26-,29-/m0/s1. The maximum Gasteiger partial charge on any atom is 0.407 e. The Morgan fingerprint density at radius 1 is 0.958 bits per heavy atom. The second kappa shape index (κ2) is 15.2. The number of alkyl carbamates (subject to hydrolysis) is 1. The first kappa shape index (κ1) is 34.2. The van der Waals surface area contributed by atoms with Gasteiger partial charge in [-0.05, 0) is 105 Å². The Balaban J connectivity index is 1.28. The molecular weight excluding hydrogens is 612 g/mol. The van der Waals surface area contributed by atoms with Gasteiger partial charge in [0, 0.05) is 35.9 Å². The number of tetrazole rings is 1. The van der Waals surface area contributed by atoms with E-state index < -0.39 is 23.6 Å². The Morgan fingerprint density at radius 2 is 1.62 bits per heavy atom. The zero-order chi connectivity index (χ0) is 34.3. The third-order valence-corrected chi connectivity index (χ3v) is 8.31. The molecule has 0 bridgehead atoms. The van der Waals surface area contributed by atoms with Gasteiger partial charge in [0.15, 0.2) is 0 Å². The van der Waals surface area contributed by atoms with Crippen LogP contribution in [0.2, 0.25) is 0 Å². The maximum absolute atomic E-state index is 14.1. The summed E-state index contributed by atoms with van der Waals surface area (Å²) in [5, 5.41) is 16.9. The summed E-state index contributed by atoms with van der Waals surface area (Å²) in [5.74, 6) is 0.00139. The number of methoxy groups -OCH3 is 1. The predicted octanol–water partition coefficient (Wildman–Crippen LogP) is 4.70. The van der Waals surface area contributed by atoms with Crippen LogP contribution in [0.5, 0.6) is 5.88 Å². The number of amides is 3. The highest BCUT2D eigenvalue weighted by Gasteiger charge is 2.35. The molecule has 0 spiro atoms. The van der Waals surface area contributed by atoms with E-state index >= 15 is 0 Å². The Hall–Kier alpha value is -5.17. The Bertz CT molecular complexity index is 1660. The molecular formula is C35H42N8O5. The third-order valence-electron chi connectivity index (χ3n) is 8.31. The Labute approximate surface area is 279 Å². The number of imide groups is 1. The summed E-state index contributed by atoms with van der Waals surface area (Å²) < 4.78 is 10.5. The lowest BCUT2D eigenvalue weighted by Crippen LogP contribution is -2.50. The van der Waals surface area contributed by atoms with Gasteiger partial charge >= 0.3 is 6.09 Å². The molecule has 2 aromatic heterocycles. The van der Waals surface area contributed by atoms with Crippen LogP contribution in [0.4, 0.5) is 10.5 Å². The monoisotopic (exact) mass is 654 g/mol. The summed E-state index contributed by atoms with van der Waals surface area (Å²) in [7, 11) is 1.57. The van der Waals surface area contributed by atoms with Crippen molar-refractivity contribution >= 4 is 23.6 Å². The fourth-order valence-corrected chi connectivity index (χ4v) is 5.76. The Kier molecular flexibility index (Phi) is 10.8. The summed E-state index contributed by atoms with van der Waals surface area (Å²) in [4.78, 5) is 45.7. The highest BCUT2D eigenvalue weighted by molar-refractivity contribution is 6.17. The first-order valence-electron chi connectivity index (χ1n) is 16.0. The van der Waals surface area contributed by atoms with Gasteiger partial charge in [-0.1, -0.05) is 24.3 Å². The van der Waals surface area contributed by atoms with Crippen molar-refractivity contribution in [2.45, 2.75) is 64.5 Å². The van der Waals surface area contributed by atoms with E-state index in [1.807, 2.05) is 51.1 Å². The lowest BCUT2D eigenvalue weighted by Gasteiger charge is -2.32. The largest absolute Gasteiger partial charge is 0.481 e. The topological polar surface area (TPSA) is 178 Å². The van der Waals surface area contributed by atoms with Gasteiger partial charge in [-0.2, -0.15) is 5.21 Å². The minimum absolute atomic E-state index is 0.207. The quantitative estimate of drug-likeness (QED) is 0.217. The number of carbonyl (C=O) groups is 3. The van der Waals surface area contributed by atoms with E-state index in [4.69, 9.17) is 15.2 Å². The molecule has 0 radical (unpaired) electrons. The number of rotatable bonds is 10. The molecule has 2 heterocycles. The number of hydrogen-bond donors (Lipinski definition) is 3. The van der Waals surface area contributed by atoms with Crippen LogP contribution >= 0.6 is 0 Å². The van der Waals surface area contributed by atoms with Gasteiger partial charge < -0.3 is 20.5 Å². The first-order valence-corrected chi connectivity index (χ1v) is 16.0. The molecule has 0 unspecified atom stereocenters. The average molecular weight is 655 g/mol. The smallest absolute Gasteiger partial charge is 0.407 e. The van der Waals surface area contributed by atoms with Crippen molar-refractivity contribution in [1.82, 2.24) is 30.9 Å². The van der Waals surface area contributed by atoms with E-state index in [-0.39, 0.29) is 24.2 Å². The maximum atomic E-state index is 14.1. The van der Waals surface area contributed by atoms with E-state index in [1.54, 1.807) is 43.6 Å². The van der Waals surface area contributed by atoms with E-state index in [2.05, 4.69) is 30.9 Å². The molecule has 13 nitrogen and oxygen atoms in total. The number of nitrogens with one attached hydrogen (secondary N) is 2. The minimum Gasteiger partial charge on any atom is -0.481 e. The number of benzene rings is 2. The number of nitrogens with two attached hydrogens (primary N) is 1. The lowest BCUT2D eigenvalue weighted by atomic mass is 9.81. The second-order valence-corrected chi connectivity index (χ2v) is 13.0. The molecule has 4 aromatic rings. The summed E-state index contributed by atoms with van der Waals surface area (Å²) in [6, 6.07) is 17.4. The van der Waals surface area contributed by atoms with E-state index in [0.717, 1.165) is 29.5 Å². The zero-order valence-electron chi connectivity index (χ0n) is 27.7. The number of carbonyl (C=O) groups excluding carboxylic acids is 3. The number of H-pyrrole nitrogens is 1. The molecule has 0 aliphatic heterocycles. The van der Waals surface area contributed by atoms with Crippen LogP contribution in [0, 0.1) is 11.8 Å². The fraction of sp³-hybridized carbons (Fsp3) is 0.400. The molecule has 1 aliphatic carbocycles. The van der Waals surface area contributed by atoms with Gasteiger partial charge in [0.05, 0.1) is 18.8 Å². The first-order chi connectivity index (χ1) is 23.0. The van der Waals surface area contributed by atoms with Crippen molar-refractivity contribution in [3.8, 4) is 28.4 Å². The van der Waals surface area contributed by atoms with Crippen LogP contribution < -0.4 is 20.7 Å². The molecule has 5 rings (SSSR count). The SMILES string of the molecule is COc1ccc(-c2ccc(C[C@H](N)C(=O)N(c3ccc(-c4nn[nH]n4)cc3)C(=O)[C@H]3CC[C@H](CNC(=O)OC(C)(C)C)CC3)cc2)cn1. The van der Waals surface area contributed by atoms with Gasteiger partial charge in [0.25, 0.3) is 5.91 Å². The van der Waals surface area contributed by atoms with Crippen molar-refractivity contribution in [3.05, 3.63) is 72.4 Å². The van der Waals surface area contributed by atoms with Crippen LogP contribution in [0.15, 0.2) is 66.9 Å². The number of anilines is 1. The minimum atomic E-state index is -0.964. The van der Waals surface area contributed by atoms with Crippen LogP contribution in [0.1, 0.15) is 52.0 Å². The molecule has 13 heteroatoms. The van der Waals surface area contributed by atoms with E-state index in [9.17, 15) is 14.4 Å². The number of pyridine rings is 1. The molecule has 4 N–H and O–H groups in total. The van der Waals surface area contributed by atoms with Crippen LogP contribution in [-0.4, -0.2) is 68.8 Å². The molecule has 252 valence electrons. The summed E-state index contributed by atoms with van der Waals surface area (Å²) in [6.45, 7) is 5.92. The number of ether oxygens (including phenoxy) is 2. The zero-order valence-corrected chi connectivity index (χ0v) is 27.7. The highest BCUT2D eigenvalue weighted by atomic mass is 16.6. The van der Waals surface area contributed by atoms with Crippen molar-refractivity contribution in [3.63, 3.8) is 0 Å². The van der Waals surface area contributed by atoms with E-state index in [1.165, 1.54) is 4.90 Å². The fourth-order valence-electron chi connectivity index (χ4n) is 5.76. The normalized spacial score (nSPS) is 16.9. The predicted molar refractivity (Wildman–Crippen MR) is 180 cm³/mol. The summed E-state index contributed by atoms with van der Waals surface area (Å²) >= 11 is 0. The molecule has 1 atom stereocenters. The van der Waals surface area contributed by atoms with Crippen molar-refractivity contribution < 1.29 is 23.9 Å². The molecule has 1 saturated carbocycles. The second-order valence-electron chi connectivity index (χ2n) is 13.0. The average Bonchev–Trinajstić information content (AvgIpc) is 3.63. The number of aromatic amines is 1. The third kappa shape index (κ3) is 8.79. The van der Waals surface area contributed by atoms with Gasteiger partial charge in [-0.3, -0.25) is 9.59 Å². The van der Waals surface area contributed by atoms with Crippen LogP contribution in [0.3, 0.4) is 0 Å². The van der Waals surface area contributed by atoms with Gasteiger partial charge in [0.2, 0.25) is 17.6 Å². The number of nitrogens with zero attached hydrogens (tertiary/aromatic N) is 5. The number of hydrogen-bond acceptors (Lipinski definition) is 10. The summed E-state index contributed by atoms with van der Waals surface area (Å²) in [5.41, 5.74) is 9.80. The molecule has 0 saturated heterocycles. The lowest BCUT2D eigenvalue weighted by molar-refractivity contribution is -0.130. The highest BCUT2D eigenvalue weighted by Crippen LogP contribution is 2.32. The molecule has 1 aliphatic rings. The molecule has 1 fully saturated rings. The van der Waals surface area contributed by atoms with Gasteiger partial charge in [-0.15, -0.1) is 10.2 Å². The van der Waals surface area contributed by atoms with Crippen LogP contribution in [-0.2, 0) is 20.7 Å². The van der Waals surface area contributed by atoms with Gasteiger partial charge in [-0.25, -0.2) is 14.7 Å². The molecule has 2 aromatic carbocycles. The van der Waals surface area contributed by atoms with Crippen LogP contribution in [0.25, 0.3) is 22.5 Å². The van der Waals surface area contributed by atoms with Gasteiger partial charge in [0.1, 0.15) is 5.60 Å². The number of aromatic nitrogens is 5. The Morgan fingerprint density at radius 3 is 2.21 bits per heavy atom. The molecule has 3 amide bonds. The molecule has 48 heavy (non-hydrogen) atoms. The van der Waals surface area contributed by atoms with Crippen molar-refractivity contribution in [1.29, 1.82) is 0 Å². The van der Waals surface area contributed by atoms with Crippen molar-refractivity contribution in [2.75, 3.05) is 18.6 Å². The summed E-state index contributed by atoms with van der Waals surface area (Å²) in [6.07, 6.45) is 4.15. The van der Waals surface area contributed by atoms with E-state index in [0.29, 0.717) is 42.3 Å². The van der Waals surface area contributed by atoms with Crippen molar-refractivity contribution in [2.24, 2.45) is 17.6 Å².